The van der Waals surface area contributed by atoms with Crippen molar-refractivity contribution in [1.29, 1.82) is 0 Å². The van der Waals surface area contributed by atoms with Gasteiger partial charge in [0.1, 0.15) is 0 Å². The number of nitrogens with zero attached hydrogens (tertiary/aromatic N) is 2. The lowest BCUT2D eigenvalue weighted by Gasteiger charge is -1.98. The highest BCUT2D eigenvalue weighted by Crippen LogP contribution is 2.21. The second kappa shape index (κ2) is 8.18. The third kappa shape index (κ3) is 4.98. The molecular weight excluding hydrogens is 428 g/mol. The van der Waals surface area contributed by atoms with Crippen LogP contribution in [0.3, 0.4) is 0 Å². The van der Waals surface area contributed by atoms with E-state index in [2.05, 4.69) is 41.8 Å². The molecule has 0 aliphatic carbocycles. The van der Waals surface area contributed by atoms with Gasteiger partial charge < -0.3 is 0 Å². The fourth-order valence-electron chi connectivity index (χ4n) is 2.13. The number of aliphatic imine (C=N–C) groups is 2. The quantitative estimate of drug-likeness (QED) is 0.402. The Morgan fingerprint density at radius 2 is 1.04 bits per heavy atom. The molecule has 24 heavy (non-hydrogen) atoms. The van der Waals surface area contributed by atoms with Gasteiger partial charge in [0.15, 0.2) is 0 Å². The van der Waals surface area contributed by atoms with E-state index in [0.717, 1.165) is 31.4 Å². The van der Waals surface area contributed by atoms with Gasteiger partial charge >= 0.3 is 0 Å². The van der Waals surface area contributed by atoms with Gasteiger partial charge in [0.25, 0.3) is 0 Å². The molecule has 0 saturated heterocycles. The van der Waals surface area contributed by atoms with Gasteiger partial charge in [-0.05, 0) is 53.6 Å². The van der Waals surface area contributed by atoms with Gasteiger partial charge in [0.2, 0.25) is 0 Å². The molecule has 118 valence electrons. The van der Waals surface area contributed by atoms with Crippen LogP contribution in [0, 0.1) is 0 Å². The van der Waals surface area contributed by atoms with Crippen LogP contribution in [0.1, 0.15) is 11.1 Å². The largest absolute Gasteiger partial charge is 0.256 e. The lowest BCUT2D eigenvalue weighted by Crippen LogP contribution is -1.80. The van der Waals surface area contributed by atoms with Crippen molar-refractivity contribution in [3.8, 4) is 0 Å². The van der Waals surface area contributed by atoms with E-state index in [0.29, 0.717) is 0 Å². The molecule has 0 aromatic heterocycles. The molecule has 0 aliphatic heterocycles. The molecule has 0 spiro atoms. The van der Waals surface area contributed by atoms with Crippen molar-refractivity contribution in [2.24, 2.45) is 9.98 Å². The average Bonchev–Trinajstić information content (AvgIpc) is 2.59. The van der Waals surface area contributed by atoms with Crippen LogP contribution in [0.2, 0.25) is 0 Å². The van der Waals surface area contributed by atoms with E-state index in [1.54, 1.807) is 0 Å². The summed E-state index contributed by atoms with van der Waals surface area (Å²) in [6, 6.07) is 23.9. The minimum absolute atomic E-state index is 0.874. The molecule has 0 radical (unpaired) electrons. The Morgan fingerprint density at radius 1 is 0.583 bits per heavy atom. The minimum Gasteiger partial charge on any atom is -0.256 e. The Balaban J connectivity index is 1.76. The summed E-state index contributed by atoms with van der Waals surface area (Å²) in [5.41, 5.74) is 3.84. The Labute approximate surface area is 158 Å². The molecule has 0 aliphatic rings. The van der Waals surface area contributed by atoms with E-state index in [1.807, 2.05) is 85.2 Å². The van der Waals surface area contributed by atoms with Gasteiger partial charge in [-0.2, -0.15) is 0 Å². The molecule has 2 nitrogen and oxygen atoms in total. The molecule has 3 rings (SSSR count). The van der Waals surface area contributed by atoms with E-state index in [9.17, 15) is 0 Å². The second-order valence-electron chi connectivity index (χ2n) is 5.15. The zero-order valence-electron chi connectivity index (χ0n) is 12.7. The molecule has 0 bridgehead atoms. The predicted molar refractivity (Wildman–Crippen MR) is 109 cm³/mol. The van der Waals surface area contributed by atoms with Crippen molar-refractivity contribution in [3.05, 3.63) is 92.9 Å². The van der Waals surface area contributed by atoms with Crippen LogP contribution < -0.4 is 0 Å². The summed E-state index contributed by atoms with van der Waals surface area (Å²) in [5, 5.41) is 0. The Bertz CT molecular complexity index is 831. The first-order valence-electron chi connectivity index (χ1n) is 7.38. The average molecular weight is 442 g/mol. The molecule has 3 aromatic rings. The highest BCUT2D eigenvalue weighted by atomic mass is 79.9. The zero-order valence-corrected chi connectivity index (χ0v) is 15.9. The molecule has 3 aromatic carbocycles. The van der Waals surface area contributed by atoms with Crippen molar-refractivity contribution < 1.29 is 0 Å². The molecule has 0 saturated carbocycles. The summed E-state index contributed by atoms with van der Waals surface area (Å²) in [4.78, 5) is 9.04. The van der Waals surface area contributed by atoms with E-state index in [4.69, 9.17) is 0 Å². The SMILES string of the molecule is Brc1cccc(C=Nc2cccc(N=Cc3cccc(Br)c3)c2)c1. The minimum atomic E-state index is 0.874. The van der Waals surface area contributed by atoms with Crippen LogP contribution in [0.15, 0.2) is 91.7 Å². The fourth-order valence-corrected chi connectivity index (χ4v) is 2.96. The first-order chi connectivity index (χ1) is 11.7. The van der Waals surface area contributed by atoms with Crippen molar-refractivity contribution >= 4 is 55.7 Å². The van der Waals surface area contributed by atoms with Crippen LogP contribution >= 0.6 is 31.9 Å². The summed E-state index contributed by atoms with van der Waals surface area (Å²) < 4.78 is 2.08. The third-order valence-corrected chi connectivity index (χ3v) is 4.24. The highest BCUT2D eigenvalue weighted by Gasteiger charge is 1.94. The summed E-state index contributed by atoms with van der Waals surface area (Å²) in [5.74, 6) is 0. The van der Waals surface area contributed by atoms with Gasteiger partial charge in [-0.1, -0.05) is 62.2 Å². The van der Waals surface area contributed by atoms with E-state index in [1.165, 1.54) is 0 Å². The fraction of sp³-hybridized carbons (Fsp3) is 0. The Hall–Kier alpha value is -2.04. The van der Waals surface area contributed by atoms with Crippen LogP contribution in [0.25, 0.3) is 0 Å². The monoisotopic (exact) mass is 440 g/mol. The topological polar surface area (TPSA) is 24.7 Å². The summed E-state index contributed by atoms with van der Waals surface area (Å²) in [6.45, 7) is 0. The maximum absolute atomic E-state index is 4.52. The summed E-state index contributed by atoms with van der Waals surface area (Å²) >= 11 is 6.93. The van der Waals surface area contributed by atoms with Crippen molar-refractivity contribution in [2.75, 3.05) is 0 Å². The lowest BCUT2D eigenvalue weighted by molar-refractivity contribution is 1.47. The molecule has 0 atom stereocenters. The van der Waals surface area contributed by atoms with Crippen LogP contribution in [0.4, 0.5) is 11.4 Å². The van der Waals surface area contributed by atoms with Gasteiger partial charge in [-0.15, -0.1) is 0 Å². The predicted octanol–water partition coefficient (Wildman–Crippen LogP) is 6.71. The van der Waals surface area contributed by atoms with Crippen molar-refractivity contribution in [3.63, 3.8) is 0 Å². The van der Waals surface area contributed by atoms with Crippen LogP contribution in [-0.2, 0) is 0 Å². The van der Waals surface area contributed by atoms with Gasteiger partial charge in [0, 0.05) is 21.4 Å². The lowest BCUT2D eigenvalue weighted by atomic mass is 10.2. The highest BCUT2D eigenvalue weighted by molar-refractivity contribution is 9.10. The molecule has 0 unspecified atom stereocenters. The number of halogens is 2. The molecule has 4 heteroatoms. The number of hydrogen-bond donors (Lipinski definition) is 0. The number of benzene rings is 3. The first kappa shape index (κ1) is 16.8. The van der Waals surface area contributed by atoms with Crippen molar-refractivity contribution in [1.82, 2.24) is 0 Å². The number of rotatable bonds is 4. The van der Waals surface area contributed by atoms with E-state index >= 15 is 0 Å². The molecule has 0 amide bonds. The smallest absolute Gasteiger partial charge is 0.0651 e. The van der Waals surface area contributed by atoms with Gasteiger partial charge in [-0.3, -0.25) is 9.98 Å². The molecule has 0 fully saturated rings. The van der Waals surface area contributed by atoms with Gasteiger partial charge in [0.05, 0.1) is 11.4 Å². The Morgan fingerprint density at radius 3 is 1.50 bits per heavy atom. The molecule has 0 N–H and O–H groups in total. The standard InChI is InChI=1S/C20H14Br2N2/c21-17-6-1-4-15(10-17)13-23-19-8-3-9-20(12-19)24-14-16-5-2-7-18(22)11-16/h1-14H. The maximum atomic E-state index is 4.52. The normalized spacial score (nSPS) is 11.4. The second-order valence-corrected chi connectivity index (χ2v) is 6.98. The van der Waals surface area contributed by atoms with E-state index in [-0.39, 0.29) is 0 Å². The number of hydrogen-bond acceptors (Lipinski definition) is 2. The Kier molecular flexibility index (Phi) is 5.72. The first-order valence-corrected chi connectivity index (χ1v) is 8.97. The summed E-state index contributed by atoms with van der Waals surface area (Å²) in [7, 11) is 0. The molecule has 0 heterocycles. The van der Waals surface area contributed by atoms with Crippen LogP contribution in [-0.4, -0.2) is 12.4 Å². The third-order valence-electron chi connectivity index (χ3n) is 3.25. The van der Waals surface area contributed by atoms with Gasteiger partial charge in [-0.25, -0.2) is 0 Å². The maximum Gasteiger partial charge on any atom is 0.0651 e. The van der Waals surface area contributed by atoms with Crippen LogP contribution in [0.5, 0.6) is 0 Å². The molecular formula is C20H14Br2N2. The van der Waals surface area contributed by atoms with E-state index < -0.39 is 0 Å². The summed E-state index contributed by atoms with van der Waals surface area (Å²) in [6.07, 6.45) is 3.70. The van der Waals surface area contributed by atoms with Crippen molar-refractivity contribution in [2.45, 2.75) is 0 Å². The zero-order chi connectivity index (χ0) is 16.8.